The first-order valence-corrected chi connectivity index (χ1v) is 8.83. The molecule has 0 aromatic carbocycles. The molecule has 0 atom stereocenters. The normalized spacial score (nSPS) is 17.9. The third-order valence-electron chi connectivity index (χ3n) is 4.12. The van der Waals surface area contributed by atoms with Crippen LogP contribution in [-0.4, -0.2) is 6.54 Å². The maximum atomic E-state index is 3.66. The molecule has 1 aliphatic rings. The molecule has 1 aliphatic carbocycles. The van der Waals surface area contributed by atoms with Crippen LogP contribution in [0.3, 0.4) is 0 Å². The zero-order valence-corrected chi connectivity index (χ0v) is 13.1. The summed E-state index contributed by atoms with van der Waals surface area (Å²) in [4.78, 5) is 2.83. The van der Waals surface area contributed by atoms with Gasteiger partial charge in [-0.15, -0.1) is 22.7 Å². The highest BCUT2D eigenvalue weighted by Crippen LogP contribution is 2.37. The molecule has 0 radical (unpaired) electrons. The zero-order chi connectivity index (χ0) is 13.1. The fraction of sp³-hybridized carbons (Fsp3) is 0.500. The van der Waals surface area contributed by atoms with Gasteiger partial charge in [-0.25, -0.2) is 0 Å². The van der Waals surface area contributed by atoms with Gasteiger partial charge in [0, 0.05) is 28.4 Å². The van der Waals surface area contributed by atoms with Gasteiger partial charge in [-0.05, 0) is 41.1 Å². The van der Waals surface area contributed by atoms with Crippen molar-refractivity contribution in [3.05, 3.63) is 33.8 Å². The van der Waals surface area contributed by atoms with Crippen molar-refractivity contribution in [3.8, 4) is 10.4 Å². The van der Waals surface area contributed by atoms with Crippen LogP contribution in [0.4, 0.5) is 0 Å². The van der Waals surface area contributed by atoms with Gasteiger partial charge in [0.1, 0.15) is 0 Å². The van der Waals surface area contributed by atoms with Gasteiger partial charge in [-0.3, -0.25) is 0 Å². The van der Waals surface area contributed by atoms with E-state index in [2.05, 4.69) is 41.2 Å². The van der Waals surface area contributed by atoms with E-state index in [0.29, 0.717) is 5.41 Å². The van der Waals surface area contributed by atoms with Crippen molar-refractivity contribution in [2.24, 2.45) is 5.41 Å². The molecule has 2 aromatic rings. The topological polar surface area (TPSA) is 12.0 Å². The third kappa shape index (κ3) is 3.28. The molecule has 1 N–H and O–H groups in total. The van der Waals surface area contributed by atoms with Crippen LogP contribution in [0.15, 0.2) is 29.0 Å². The number of nitrogens with one attached hydrogen (secondary N) is 1. The standard InChI is InChI=1S/C16H21NS2/c1-16(6-2-3-7-16)12-17-10-14-9-13(11-19-14)15-5-4-8-18-15/h4-5,8-9,11,17H,2-3,6-7,10,12H2,1H3. The van der Waals surface area contributed by atoms with E-state index in [9.17, 15) is 0 Å². The summed E-state index contributed by atoms with van der Waals surface area (Å²) in [7, 11) is 0. The van der Waals surface area contributed by atoms with E-state index in [1.165, 1.54) is 47.5 Å². The van der Waals surface area contributed by atoms with Gasteiger partial charge in [0.2, 0.25) is 0 Å². The van der Waals surface area contributed by atoms with Crippen LogP contribution >= 0.6 is 22.7 Å². The second-order valence-electron chi connectivity index (χ2n) is 5.90. The Morgan fingerprint density at radius 3 is 2.84 bits per heavy atom. The van der Waals surface area contributed by atoms with Crippen LogP contribution in [0.5, 0.6) is 0 Å². The predicted molar refractivity (Wildman–Crippen MR) is 85.9 cm³/mol. The van der Waals surface area contributed by atoms with Crippen LogP contribution in [-0.2, 0) is 6.54 Å². The first-order chi connectivity index (χ1) is 9.25. The lowest BCUT2D eigenvalue weighted by Crippen LogP contribution is -2.28. The highest BCUT2D eigenvalue weighted by molar-refractivity contribution is 7.14. The van der Waals surface area contributed by atoms with Gasteiger partial charge in [0.05, 0.1) is 0 Å². The molecule has 1 saturated carbocycles. The molecule has 3 rings (SSSR count). The van der Waals surface area contributed by atoms with Crippen molar-refractivity contribution in [1.29, 1.82) is 0 Å². The molecule has 1 nitrogen and oxygen atoms in total. The predicted octanol–water partition coefficient (Wildman–Crippen LogP) is 5.15. The van der Waals surface area contributed by atoms with E-state index in [1.54, 1.807) is 0 Å². The molecule has 1 fully saturated rings. The second kappa shape index (κ2) is 5.78. The molecular formula is C16H21NS2. The molecule has 0 unspecified atom stereocenters. The number of rotatable bonds is 5. The highest BCUT2D eigenvalue weighted by Gasteiger charge is 2.27. The molecule has 0 saturated heterocycles. The van der Waals surface area contributed by atoms with E-state index >= 15 is 0 Å². The van der Waals surface area contributed by atoms with Crippen LogP contribution in [0.25, 0.3) is 10.4 Å². The van der Waals surface area contributed by atoms with E-state index < -0.39 is 0 Å². The lowest BCUT2D eigenvalue weighted by atomic mass is 9.89. The van der Waals surface area contributed by atoms with Crippen LogP contribution < -0.4 is 5.32 Å². The van der Waals surface area contributed by atoms with Gasteiger partial charge in [0.15, 0.2) is 0 Å². The fourth-order valence-corrected chi connectivity index (χ4v) is 4.58. The summed E-state index contributed by atoms with van der Waals surface area (Å²) in [5.74, 6) is 0. The third-order valence-corrected chi connectivity index (χ3v) is 5.98. The zero-order valence-electron chi connectivity index (χ0n) is 11.4. The lowest BCUT2D eigenvalue weighted by Gasteiger charge is -2.23. The fourth-order valence-electron chi connectivity index (χ4n) is 2.94. The van der Waals surface area contributed by atoms with E-state index in [1.807, 2.05) is 22.7 Å². The lowest BCUT2D eigenvalue weighted by molar-refractivity contribution is 0.315. The number of hydrogen-bond donors (Lipinski definition) is 1. The monoisotopic (exact) mass is 291 g/mol. The highest BCUT2D eigenvalue weighted by atomic mass is 32.1. The van der Waals surface area contributed by atoms with Crippen molar-refractivity contribution in [1.82, 2.24) is 5.32 Å². The molecule has 3 heteroatoms. The Labute approximate surface area is 123 Å². The Balaban J connectivity index is 1.53. The summed E-state index contributed by atoms with van der Waals surface area (Å²) in [5, 5.41) is 8.08. The van der Waals surface area contributed by atoms with Crippen LogP contribution in [0.1, 0.15) is 37.5 Å². The molecule has 0 aliphatic heterocycles. The first-order valence-electron chi connectivity index (χ1n) is 7.07. The number of hydrogen-bond acceptors (Lipinski definition) is 3. The summed E-state index contributed by atoms with van der Waals surface area (Å²) in [6.45, 7) is 4.61. The van der Waals surface area contributed by atoms with Crippen molar-refractivity contribution in [2.75, 3.05) is 6.54 Å². The van der Waals surface area contributed by atoms with Gasteiger partial charge in [-0.2, -0.15) is 0 Å². The summed E-state index contributed by atoms with van der Waals surface area (Å²) in [6, 6.07) is 6.65. The summed E-state index contributed by atoms with van der Waals surface area (Å²) < 4.78 is 0. The molecule has 2 aromatic heterocycles. The molecule has 2 heterocycles. The van der Waals surface area contributed by atoms with Gasteiger partial charge >= 0.3 is 0 Å². The smallest absolute Gasteiger partial charge is 0.0351 e. The molecule has 102 valence electrons. The average Bonchev–Trinajstić information content (AvgIpc) is 3.08. The van der Waals surface area contributed by atoms with Crippen LogP contribution in [0.2, 0.25) is 0 Å². The summed E-state index contributed by atoms with van der Waals surface area (Å²) in [5.41, 5.74) is 1.93. The maximum absolute atomic E-state index is 3.66. The number of thiophene rings is 2. The Hall–Kier alpha value is -0.640. The van der Waals surface area contributed by atoms with Gasteiger partial charge in [-0.1, -0.05) is 25.8 Å². The van der Waals surface area contributed by atoms with Gasteiger partial charge in [0.25, 0.3) is 0 Å². The maximum Gasteiger partial charge on any atom is 0.0351 e. The summed E-state index contributed by atoms with van der Waals surface area (Å²) >= 11 is 3.69. The molecular weight excluding hydrogens is 270 g/mol. The molecule has 19 heavy (non-hydrogen) atoms. The van der Waals surface area contributed by atoms with Crippen molar-refractivity contribution in [2.45, 2.75) is 39.2 Å². The summed E-state index contributed by atoms with van der Waals surface area (Å²) in [6.07, 6.45) is 5.62. The molecule has 0 amide bonds. The molecule has 0 bridgehead atoms. The van der Waals surface area contributed by atoms with Gasteiger partial charge < -0.3 is 5.32 Å². The Morgan fingerprint density at radius 1 is 1.26 bits per heavy atom. The van der Waals surface area contributed by atoms with E-state index in [-0.39, 0.29) is 0 Å². The Morgan fingerprint density at radius 2 is 2.11 bits per heavy atom. The van der Waals surface area contributed by atoms with Crippen molar-refractivity contribution in [3.63, 3.8) is 0 Å². The minimum absolute atomic E-state index is 0.549. The quantitative estimate of drug-likeness (QED) is 0.803. The largest absolute Gasteiger partial charge is 0.311 e. The average molecular weight is 291 g/mol. The van der Waals surface area contributed by atoms with E-state index in [4.69, 9.17) is 0 Å². The Kier molecular flexibility index (Phi) is 4.06. The molecule has 0 spiro atoms. The van der Waals surface area contributed by atoms with Crippen molar-refractivity contribution < 1.29 is 0 Å². The second-order valence-corrected chi connectivity index (χ2v) is 7.84. The van der Waals surface area contributed by atoms with Crippen LogP contribution in [0, 0.1) is 5.41 Å². The minimum atomic E-state index is 0.549. The SMILES string of the molecule is CC1(CNCc2cc(-c3cccs3)cs2)CCCC1. The first kappa shape index (κ1) is 13.3. The Bertz CT molecular complexity index is 507. The van der Waals surface area contributed by atoms with E-state index in [0.717, 1.165) is 6.54 Å². The minimum Gasteiger partial charge on any atom is -0.311 e. The van der Waals surface area contributed by atoms with Crippen molar-refractivity contribution >= 4 is 22.7 Å².